The maximum Gasteiger partial charge on any atom is 0.120 e. The number of nitrogens with one attached hydrogen (secondary N) is 1. The summed E-state index contributed by atoms with van der Waals surface area (Å²) in [4.78, 5) is 2.48. The molecule has 0 aromatic carbocycles. The molecule has 1 heterocycles. The molecule has 0 aliphatic heterocycles. The first kappa shape index (κ1) is 15.1. The van der Waals surface area contributed by atoms with Crippen LogP contribution in [0, 0.1) is 18.3 Å². The maximum atomic E-state index is 9.02. The third kappa shape index (κ3) is 3.41. The number of rotatable bonds is 6. The molecular formula is C16H26N4. The Morgan fingerprint density at radius 2 is 2.15 bits per heavy atom. The standard InChI is InChI=1S/C16H26N4/c1-13-14(10-16(11-17)20(13)3)12-18-8-9-19(2)15-6-4-5-7-15/h10,15,18H,4-9,12H2,1-3H3. The Bertz CT molecular complexity index is 477. The summed E-state index contributed by atoms with van der Waals surface area (Å²) in [6.07, 6.45) is 5.50. The second kappa shape index (κ2) is 6.92. The second-order valence-electron chi connectivity index (χ2n) is 5.91. The lowest BCUT2D eigenvalue weighted by atomic mass is 10.2. The van der Waals surface area contributed by atoms with Gasteiger partial charge in [-0.15, -0.1) is 0 Å². The van der Waals surface area contributed by atoms with Gasteiger partial charge in [-0.25, -0.2) is 0 Å². The van der Waals surface area contributed by atoms with Gasteiger partial charge >= 0.3 is 0 Å². The Hall–Kier alpha value is -1.31. The second-order valence-corrected chi connectivity index (χ2v) is 5.91. The van der Waals surface area contributed by atoms with Crippen LogP contribution in [0.4, 0.5) is 0 Å². The molecule has 0 unspecified atom stereocenters. The van der Waals surface area contributed by atoms with Gasteiger partial charge in [-0.1, -0.05) is 12.8 Å². The molecule has 1 aromatic heterocycles. The Labute approximate surface area is 122 Å². The summed E-state index contributed by atoms with van der Waals surface area (Å²) in [5, 5.41) is 12.5. The summed E-state index contributed by atoms with van der Waals surface area (Å²) >= 11 is 0. The smallest absolute Gasteiger partial charge is 0.120 e. The fourth-order valence-corrected chi connectivity index (χ4v) is 3.05. The van der Waals surface area contributed by atoms with E-state index in [0.29, 0.717) is 0 Å². The van der Waals surface area contributed by atoms with Crippen LogP contribution in [-0.2, 0) is 13.6 Å². The van der Waals surface area contributed by atoms with Gasteiger partial charge in [-0.05, 0) is 38.4 Å². The Morgan fingerprint density at radius 3 is 2.75 bits per heavy atom. The van der Waals surface area contributed by atoms with Gasteiger partial charge < -0.3 is 14.8 Å². The van der Waals surface area contributed by atoms with Crippen LogP contribution in [0.15, 0.2) is 6.07 Å². The summed E-state index contributed by atoms with van der Waals surface area (Å²) in [5.41, 5.74) is 3.15. The van der Waals surface area contributed by atoms with Crippen LogP contribution < -0.4 is 5.32 Å². The van der Waals surface area contributed by atoms with Gasteiger partial charge in [0.2, 0.25) is 0 Å². The van der Waals surface area contributed by atoms with Gasteiger partial charge in [0, 0.05) is 38.4 Å². The Balaban J connectivity index is 1.74. The molecule has 1 fully saturated rings. The van der Waals surface area contributed by atoms with E-state index in [1.807, 2.05) is 17.7 Å². The van der Waals surface area contributed by atoms with Gasteiger partial charge in [0.25, 0.3) is 0 Å². The molecule has 0 amide bonds. The molecule has 1 aromatic rings. The molecule has 1 saturated carbocycles. The molecule has 0 atom stereocenters. The molecule has 4 nitrogen and oxygen atoms in total. The van der Waals surface area contributed by atoms with E-state index < -0.39 is 0 Å². The lowest BCUT2D eigenvalue weighted by molar-refractivity contribution is 0.245. The molecule has 1 aliphatic carbocycles. The first-order valence-electron chi connectivity index (χ1n) is 7.59. The minimum absolute atomic E-state index is 0.738. The number of nitriles is 1. The average molecular weight is 274 g/mol. The van der Waals surface area contributed by atoms with E-state index in [-0.39, 0.29) is 0 Å². The molecule has 1 aliphatic rings. The molecular weight excluding hydrogens is 248 g/mol. The van der Waals surface area contributed by atoms with Gasteiger partial charge in [-0.3, -0.25) is 0 Å². The van der Waals surface area contributed by atoms with Gasteiger partial charge in [0.05, 0.1) is 0 Å². The normalized spacial score (nSPS) is 15.9. The summed E-state index contributed by atoms with van der Waals surface area (Å²) in [6.45, 7) is 5.02. The van der Waals surface area contributed by atoms with Crippen LogP contribution in [0.25, 0.3) is 0 Å². The van der Waals surface area contributed by atoms with Crippen molar-refractivity contribution in [3.05, 3.63) is 23.0 Å². The Kier molecular flexibility index (Phi) is 5.22. The third-order valence-corrected chi connectivity index (χ3v) is 4.66. The molecule has 0 radical (unpaired) electrons. The zero-order valence-electron chi connectivity index (χ0n) is 12.9. The fraction of sp³-hybridized carbons (Fsp3) is 0.688. The van der Waals surface area contributed by atoms with Gasteiger partial charge in [0.1, 0.15) is 11.8 Å². The SMILES string of the molecule is Cc1c(CNCCN(C)C2CCCC2)cc(C#N)n1C. The average Bonchev–Trinajstić information content (AvgIpc) is 3.06. The monoisotopic (exact) mass is 274 g/mol. The van der Waals surface area contributed by atoms with E-state index in [0.717, 1.165) is 31.4 Å². The van der Waals surface area contributed by atoms with E-state index in [1.54, 1.807) is 0 Å². The van der Waals surface area contributed by atoms with Crippen molar-refractivity contribution in [3.63, 3.8) is 0 Å². The van der Waals surface area contributed by atoms with Crippen molar-refractivity contribution in [2.45, 2.75) is 45.2 Å². The molecule has 0 spiro atoms. The number of likely N-dealkylation sites (N-methyl/N-ethyl adjacent to an activating group) is 1. The summed E-state index contributed by atoms with van der Waals surface area (Å²) < 4.78 is 1.96. The molecule has 1 N–H and O–H groups in total. The molecule has 0 saturated heterocycles. The lowest BCUT2D eigenvalue weighted by Gasteiger charge is -2.23. The van der Waals surface area contributed by atoms with Gasteiger partial charge in [0.15, 0.2) is 0 Å². The van der Waals surface area contributed by atoms with E-state index in [2.05, 4.69) is 30.3 Å². The topological polar surface area (TPSA) is 44.0 Å². The minimum atomic E-state index is 0.738. The predicted molar refractivity (Wildman–Crippen MR) is 81.5 cm³/mol. The van der Waals surface area contributed by atoms with E-state index in [4.69, 9.17) is 5.26 Å². The number of aromatic nitrogens is 1. The van der Waals surface area contributed by atoms with Crippen LogP contribution in [-0.4, -0.2) is 35.6 Å². The number of hydrogen-bond donors (Lipinski definition) is 1. The van der Waals surface area contributed by atoms with Crippen molar-refractivity contribution >= 4 is 0 Å². The fourth-order valence-electron chi connectivity index (χ4n) is 3.05. The van der Waals surface area contributed by atoms with E-state index >= 15 is 0 Å². The van der Waals surface area contributed by atoms with Crippen molar-refractivity contribution in [3.8, 4) is 6.07 Å². The highest BCUT2D eigenvalue weighted by Gasteiger charge is 2.18. The predicted octanol–water partition coefficient (Wildman–Crippen LogP) is 2.17. The molecule has 110 valence electrons. The highest BCUT2D eigenvalue weighted by molar-refractivity contribution is 5.33. The molecule has 4 heteroatoms. The van der Waals surface area contributed by atoms with Crippen LogP contribution >= 0.6 is 0 Å². The van der Waals surface area contributed by atoms with Crippen LogP contribution in [0.5, 0.6) is 0 Å². The first-order chi connectivity index (χ1) is 9.63. The highest BCUT2D eigenvalue weighted by Crippen LogP contribution is 2.21. The molecule has 20 heavy (non-hydrogen) atoms. The molecule has 2 rings (SSSR count). The number of hydrogen-bond acceptors (Lipinski definition) is 3. The number of nitrogens with zero attached hydrogens (tertiary/aromatic N) is 3. The quantitative estimate of drug-likeness (QED) is 0.809. The zero-order valence-corrected chi connectivity index (χ0v) is 12.9. The maximum absolute atomic E-state index is 9.02. The first-order valence-corrected chi connectivity index (χ1v) is 7.59. The summed E-state index contributed by atoms with van der Waals surface area (Å²) in [6, 6.07) is 5.01. The van der Waals surface area contributed by atoms with Crippen molar-refractivity contribution in [2.24, 2.45) is 7.05 Å². The largest absolute Gasteiger partial charge is 0.340 e. The summed E-state index contributed by atoms with van der Waals surface area (Å²) in [7, 11) is 4.18. The van der Waals surface area contributed by atoms with Crippen LogP contribution in [0.1, 0.15) is 42.6 Å². The highest BCUT2D eigenvalue weighted by atomic mass is 15.1. The summed E-state index contributed by atoms with van der Waals surface area (Å²) in [5.74, 6) is 0. The van der Waals surface area contributed by atoms with Crippen molar-refractivity contribution in [1.82, 2.24) is 14.8 Å². The van der Waals surface area contributed by atoms with Crippen molar-refractivity contribution < 1.29 is 0 Å². The van der Waals surface area contributed by atoms with Crippen molar-refractivity contribution in [1.29, 1.82) is 5.26 Å². The van der Waals surface area contributed by atoms with E-state index in [1.165, 1.54) is 36.9 Å². The van der Waals surface area contributed by atoms with Crippen LogP contribution in [0.2, 0.25) is 0 Å². The zero-order chi connectivity index (χ0) is 14.5. The van der Waals surface area contributed by atoms with E-state index in [9.17, 15) is 0 Å². The van der Waals surface area contributed by atoms with Crippen LogP contribution in [0.3, 0.4) is 0 Å². The van der Waals surface area contributed by atoms with Crippen molar-refractivity contribution in [2.75, 3.05) is 20.1 Å². The minimum Gasteiger partial charge on any atom is -0.340 e. The Morgan fingerprint density at radius 1 is 1.45 bits per heavy atom. The lowest BCUT2D eigenvalue weighted by Crippen LogP contribution is -2.35. The van der Waals surface area contributed by atoms with Gasteiger partial charge in [-0.2, -0.15) is 5.26 Å². The third-order valence-electron chi connectivity index (χ3n) is 4.66. The molecule has 0 bridgehead atoms.